The van der Waals surface area contributed by atoms with Gasteiger partial charge < -0.3 is 15.8 Å². The van der Waals surface area contributed by atoms with E-state index in [1.165, 1.54) is 4.90 Å². The molecule has 7 heteroatoms. The molecule has 2 aromatic rings. The zero-order valence-corrected chi connectivity index (χ0v) is 17.4. The Morgan fingerprint density at radius 2 is 1.77 bits per heavy atom. The number of anilines is 1. The van der Waals surface area contributed by atoms with E-state index in [9.17, 15) is 14.4 Å². The van der Waals surface area contributed by atoms with Crippen LogP contribution in [0.1, 0.15) is 66.2 Å². The Hall–Kier alpha value is -3.09. The van der Waals surface area contributed by atoms with Crippen LogP contribution in [0.4, 0.5) is 10.5 Å². The molecular weight excluding hydrogens is 382 g/mol. The van der Waals surface area contributed by atoms with Crippen molar-refractivity contribution in [2.24, 2.45) is 5.73 Å². The number of unbranched alkanes of at least 4 members (excludes halogenated alkanes) is 4. The van der Waals surface area contributed by atoms with Gasteiger partial charge in [-0.15, -0.1) is 0 Å². The SMILES string of the molecule is CCCCCN1C(=O)c2cccc3c(NCCCCCOC(N)=O)ccc(c23)C1=O. The van der Waals surface area contributed by atoms with Crippen LogP contribution in [0, 0.1) is 0 Å². The van der Waals surface area contributed by atoms with Crippen LogP contribution in [0.5, 0.6) is 0 Å². The number of imide groups is 1. The maximum absolute atomic E-state index is 13.0. The minimum atomic E-state index is -0.745. The normalized spacial score (nSPS) is 13.0. The molecule has 7 nitrogen and oxygen atoms in total. The van der Waals surface area contributed by atoms with Crippen molar-refractivity contribution in [2.75, 3.05) is 25.0 Å². The number of hydrogen-bond donors (Lipinski definition) is 2. The van der Waals surface area contributed by atoms with E-state index in [1.807, 2.05) is 24.3 Å². The van der Waals surface area contributed by atoms with Gasteiger partial charge in [0.25, 0.3) is 11.8 Å². The fraction of sp³-hybridized carbons (Fsp3) is 0.435. The minimum absolute atomic E-state index is 0.208. The number of nitrogens with one attached hydrogen (secondary N) is 1. The lowest BCUT2D eigenvalue weighted by Crippen LogP contribution is -2.40. The van der Waals surface area contributed by atoms with Crippen LogP contribution >= 0.6 is 0 Å². The number of benzene rings is 2. The highest BCUT2D eigenvalue weighted by molar-refractivity contribution is 6.26. The van der Waals surface area contributed by atoms with Crippen molar-refractivity contribution in [2.45, 2.75) is 45.4 Å². The fourth-order valence-corrected chi connectivity index (χ4v) is 3.82. The average molecular weight is 412 g/mol. The Bertz CT molecular complexity index is 919. The van der Waals surface area contributed by atoms with Crippen LogP contribution in [-0.2, 0) is 4.74 Å². The molecule has 0 radical (unpaired) electrons. The van der Waals surface area contributed by atoms with Crippen LogP contribution in [0.2, 0.25) is 0 Å². The molecule has 3 amide bonds. The van der Waals surface area contributed by atoms with Gasteiger partial charge in [-0.05, 0) is 43.9 Å². The quantitative estimate of drug-likeness (QED) is 0.424. The number of nitrogens with two attached hydrogens (primary N) is 1. The van der Waals surface area contributed by atoms with Gasteiger partial charge in [-0.25, -0.2) is 4.79 Å². The third-order valence-electron chi connectivity index (χ3n) is 5.36. The third-order valence-corrected chi connectivity index (χ3v) is 5.36. The molecular formula is C23H29N3O4. The van der Waals surface area contributed by atoms with Crippen molar-refractivity contribution in [3.05, 3.63) is 41.5 Å². The topological polar surface area (TPSA) is 102 Å². The molecule has 0 aliphatic carbocycles. The van der Waals surface area contributed by atoms with Gasteiger partial charge >= 0.3 is 6.09 Å². The highest BCUT2D eigenvalue weighted by atomic mass is 16.5. The van der Waals surface area contributed by atoms with E-state index in [0.29, 0.717) is 24.3 Å². The molecule has 0 fully saturated rings. The van der Waals surface area contributed by atoms with Gasteiger partial charge in [0.1, 0.15) is 0 Å². The molecule has 0 saturated heterocycles. The Kier molecular flexibility index (Phi) is 7.27. The molecule has 0 unspecified atom stereocenters. The lowest BCUT2D eigenvalue weighted by Gasteiger charge is -2.28. The standard InChI is InChI=1S/C23H29N3O4/c1-2-3-6-14-26-21(27)17-10-8-9-16-19(12-11-18(20(16)17)22(26)28)25-13-5-4-7-15-30-23(24)29/h8-12,25H,2-7,13-15H2,1H3,(H2,24,29). The molecule has 3 N–H and O–H groups in total. The first-order valence-corrected chi connectivity index (χ1v) is 10.6. The second-order valence-electron chi connectivity index (χ2n) is 7.51. The van der Waals surface area contributed by atoms with Gasteiger partial charge in [0, 0.05) is 40.7 Å². The van der Waals surface area contributed by atoms with Crippen LogP contribution in [0.15, 0.2) is 30.3 Å². The van der Waals surface area contributed by atoms with E-state index in [0.717, 1.165) is 61.5 Å². The van der Waals surface area contributed by atoms with Gasteiger partial charge in [-0.1, -0.05) is 31.9 Å². The second kappa shape index (κ2) is 10.1. The molecule has 0 aromatic heterocycles. The van der Waals surface area contributed by atoms with Gasteiger partial charge in [-0.2, -0.15) is 0 Å². The van der Waals surface area contributed by atoms with E-state index < -0.39 is 6.09 Å². The predicted molar refractivity (Wildman–Crippen MR) is 117 cm³/mol. The molecule has 2 aromatic carbocycles. The van der Waals surface area contributed by atoms with Gasteiger partial charge in [-0.3, -0.25) is 14.5 Å². The molecule has 1 aliphatic rings. The van der Waals surface area contributed by atoms with E-state index >= 15 is 0 Å². The highest BCUT2D eigenvalue weighted by Crippen LogP contribution is 2.34. The van der Waals surface area contributed by atoms with Gasteiger partial charge in [0.2, 0.25) is 0 Å². The molecule has 0 saturated carbocycles. The predicted octanol–water partition coefficient (Wildman–Crippen LogP) is 4.30. The van der Waals surface area contributed by atoms with E-state index in [4.69, 9.17) is 10.5 Å². The summed E-state index contributed by atoms with van der Waals surface area (Å²) in [6.07, 6.45) is 4.65. The fourth-order valence-electron chi connectivity index (χ4n) is 3.82. The van der Waals surface area contributed by atoms with Crippen molar-refractivity contribution in [3.8, 4) is 0 Å². The summed E-state index contributed by atoms with van der Waals surface area (Å²) in [5, 5.41) is 5.03. The van der Waals surface area contributed by atoms with Crippen molar-refractivity contribution in [3.63, 3.8) is 0 Å². The van der Waals surface area contributed by atoms with Crippen LogP contribution in [0.3, 0.4) is 0 Å². The Labute approximate surface area is 176 Å². The number of nitrogens with zero attached hydrogens (tertiary/aromatic N) is 1. The summed E-state index contributed by atoms with van der Waals surface area (Å²) in [4.78, 5) is 37.9. The lowest BCUT2D eigenvalue weighted by molar-refractivity contribution is 0.0608. The van der Waals surface area contributed by atoms with Crippen LogP contribution in [-0.4, -0.2) is 42.5 Å². The molecule has 1 heterocycles. The Morgan fingerprint density at radius 3 is 2.50 bits per heavy atom. The summed E-state index contributed by atoms with van der Waals surface area (Å²) in [6, 6.07) is 9.34. The number of carbonyl (C=O) groups is 3. The Morgan fingerprint density at radius 1 is 1.00 bits per heavy atom. The molecule has 30 heavy (non-hydrogen) atoms. The number of amides is 3. The van der Waals surface area contributed by atoms with Gasteiger partial charge in [0.15, 0.2) is 0 Å². The van der Waals surface area contributed by atoms with E-state index in [2.05, 4.69) is 12.2 Å². The first-order valence-electron chi connectivity index (χ1n) is 10.6. The number of carbonyl (C=O) groups excluding carboxylic acids is 3. The summed E-state index contributed by atoms with van der Waals surface area (Å²) in [6.45, 7) is 3.62. The number of hydrogen-bond acceptors (Lipinski definition) is 5. The van der Waals surface area contributed by atoms with Gasteiger partial charge in [0.05, 0.1) is 6.61 Å². The van der Waals surface area contributed by atoms with Crippen molar-refractivity contribution in [1.29, 1.82) is 0 Å². The molecule has 160 valence electrons. The monoisotopic (exact) mass is 411 g/mol. The second-order valence-corrected chi connectivity index (χ2v) is 7.51. The molecule has 0 spiro atoms. The summed E-state index contributed by atoms with van der Waals surface area (Å²) >= 11 is 0. The maximum atomic E-state index is 13.0. The smallest absolute Gasteiger partial charge is 0.404 e. The maximum Gasteiger partial charge on any atom is 0.404 e. The first kappa shape index (κ1) is 21.6. The highest BCUT2D eigenvalue weighted by Gasteiger charge is 2.32. The number of rotatable bonds is 11. The summed E-state index contributed by atoms with van der Waals surface area (Å²) < 4.78 is 4.72. The molecule has 3 rings (SSSR count). The number of primary amides is 1. The summed E-state index contributed by atoms with van der Waals surface area (Å²) in [5.74, 6) is -0.415. The first-order chi connectivity index (χ1) is 14.5. The number of ether oxygens (including phenoxy) is 1. The zero-order chi connectivity index (χ0) is 21.5. The molecule has 0 atom stereocenters. The lowest BCUT2D eigenvalue weighted by atomic mass is 9.93. The third kappa shape index (κ3) is 4.72. The van der Waals surface area contributed by atoms with Crippen LogP contribution in [0.25, 0.3) is 10.8 Å². The largest absolute Gasteiger partial charge is 0.450 e. The average Bonchev–Trinajstić information content (AvgIpc) is 2.74. The molecule has 0 bridgehead atoms. The van der Waals surface area contributed by atoms with E-state index in [-0.39, 0.29) is 11.8 Å². The van der Waals surface area contributed by atoms with Crippen molar-refractivity contribution in [1.82, 2.24) is 4.90 Å². The molecule has 1 aliphatic heterocycles. The zero-order valence-electron chi connectivity index (χ0n) is 17.4. The summed E-state index contributed by atoms with van der Waals surface area (Å²) in [7, 11) is 0. The summed E-state index contributed by atoms with van der Waals surface area (Å²) in [5.41, 5.74) is 7.02. The van der Waals surface area contributed by atoms with Crippen molar-refractivity contribution < 1.29 is 19.1 Å². The minimum Gasteiger partial charge on any atom is -0.450 e. The Balaban J connectivity index is 1.71. The van der Waals surface area contributed by atoms with Crippen LogP contribution < -0.4 is 11.1 Å². The van der Waals surface area contributed by atoms with E-state index in [1.54, 1.807) is 6.07 Å². The van der Waals surface area contributed by atoms with Crippen molar-refractivity contribution >= 4 is 34.4 Å².